The van der Waals surface area contributed by atoms with Gasteiger partial charge >= 0.3 is 0 Å². The number of rotatable bonds is 6. The number of fused-ring (bicyclic) bond motifs is 1. The van der Waals surface area contributed by atoms with E-state index in [1.165, 1.54) is 0 Å². The monoisotopic (exact) mass is 410 g/mol. The molecule has 0 spiro atoms. The molecule has 0 bridgehead atoms. The number of nitrogens with zero attached hydrogens (tertiary/aromatic N) is 2. The average Bonchev–Trinajstić information content (AvgIpc) is 2.75. The molecular weight excluding hydrogens is 380 g/mol. The third kappa shape index (κ3) is 5.65. The number of hydrogen-bond acceptors (Lipinski definition) is 4. The van der Waals surface area contributed by atoms with Gasteiger partial charge in [-0.25, -0.2) is 4.99 Å². The maximum absolute atomic E-state index is 12.1. The van der Waals surface area contributed by atoms with E-state index in [0.29, 0.717) is 19.1 Å². The highest BCUT2D eigenvalue weighted by molar-refractivity contribution is 5.86. The van der Waals surface area contributed by atoms with Crippen molar-refractivity contribution in [1.29, 1.82) is 0 Å². The van der Waals surface area contributed by atoms with Crippen LogP contribution in [-0.2, 0) is 11.3 Å². The summed E-state index contributed by atoms with van der Waals surface area (Å²) in [5.74, 6) is 2.26. The Balaban J connectivity index is 1.79. The van der Waals surface area contributed by atoms with Crippen molar-refractivity contribution in [2.45, 2.75) is 25.9 Å². The molecule has 0 saturated carbocycles. The van der Waals surface area contributed by atoms with Crippen LogP contribution in [-0.4, -0.2) is 51.1 Å². The highest BCUT2D eigenvalue weighted by Crippen LogP contribution is 2.31. The summed E-state index contributed by atoms with van der Waals surface area (Å²) in [6.07, 6.45) is 0.817. The zero-order chi connectivity index (χ0) is 21.5. The number of para-hydroxylation sites is 1. The number of hydrogen-bond donors (Lipinski definition) is 2. The molecule has 0 fully saturated rings. The Morgan fingerprint density at radius 3 is 2.83 bits per heavy atom. The predicted molar refractivity (Wildman–Crippen MR) is 118 cm³/mol. The Hall–Kier alpha value is -3.22. The SMILES string of the molecule is COc1cc(C)cc(CN=C(NCC(=O)N(C)C)NC2CCOc3ccccc32)c1. The molecule has 1 heterocycles. The lowest BCUT2D eigenvalue weighted by Crippen LogP contribution is -2.45. The first kappa shape index (κ1) is 21.5. The zero-order valence-corrected chi connectivity index (χ0v) is 18.1. The van der Waals surface area contributed by atoms with Crippen molar-refractivity contribution in [1.82, 2.24) is 15.5 Å². The van der Waals surface area contributed by atoms with Crippen molar-refractivity contribution in [3.8, 4) is 11.5 Å². The lowest BCUT2D eigenvalue weighted by atomic mass is 10.0. The maximum Gasteiger partial charge on any atom is 0.241 e. The number of likely N-dealkylation sites (N-methyl/N-ethyl adjacent to an activating group) is 1. The van der Waals surface area contributed by atoms with E-state index in [-0.39, 0.29) is 18.5 Å². The van der Waals surface area contributed by atoms with Gasteiger partial charge in [0.1, 0.15) is 11.5 Å². The van der Waals surface area contributed by atoms with E-state index in [4.69, 9.17) is 14.5 Å². The molecule has 0 saturated heterocycles. The van der Waals surface area contributed by atoms with Gasteiger partial charge in [-0.1, -0.05) is 24.3 Å². The molecule has 1 atom stereocenters. The van der Waals surface area contributed by atoms with Crippen LogP contribution in [0.1, 0.15) is 29.2 Å². The molecule has 7 heteroatoms. The van der Waals surface area contributed by atoms with Gasteiger partial charge in [0.2, 0.25) is 5.91 Å². The number of carbonyl (C=O) groups excluding carboxylic acids is 1. The lowest BCUT2D eigenvalue weighted by molar-refractivity contribution is -0.127. The molecule has 1 amide bonds. The highest BCUT2D eigenvalue weighted by Gasteiger charge is 2.22. The molecule has 7 nitrogen and oxygen atoms in total. The molecule has 2 aromatic carbocycles. The van der Waals surface area contributed by atoms with E-state index in [1.54, 1.807) is 26.1 Å². The van der Waals surface area contributed by atoms with Gasteiger partial charge in [-0.3, -0.25) is 4.79 Å². The maximum atomic E-state index is 12.1. The Kier molecular flexibility index (Phi) is 7.17. The number of methoxy groups -OCH3 is 1. The average molecular weight is 411 g/mol. The van der Waals surface area contributed by atoms with Crippen LogP contribution >= 0.6 is 0 Å². The van der Waals surface area contributed by atoms with Gasteiger partial charge < -0.3 is 25.0 Å². The first-order valence-corrected chi connectivity index (χ1v) is 10.1. The van der Waals surface area contributed by atoms with Crippen molar-refractivity contribution in [2.75, 3.05) is 34.4 Å². The van der Waals surface area contributed by atoms with E-state index >= 15 is 0 Å². The molecule has 2 N–H and O–H groups in total. The molecular formula is C23H30N4O3. The van der Waals surface area contributed by atoms with Crippen LogP contribution in [0.5, 0.6) is 11.5 Å². The Bertz CT molecular complexity index is 911. The van der Waals surface area contributed by atoms with Gasteiger partial charge in [0, 0.05) is 26.1 Å². The van der Waals surface area contributed by atoms with Gasteiger partial charge in [0.15, 0.2) is 5.96 Å². The van der Waals surface area contributed by atoms with Crippen LogP contribution in [0.3, 0.4) is 0 Å². The first-order chi connectivity index (χ1) is 14.5. The second kappa shape index (κ2) is 10.0. The molecule has 1 unspecified atom stereocenters. The van der Waals surface area contributed by atoms with Crippen molar-refractivity contribution < 1.29 is 14.3 Å². The van der Waals surface area contributed by atoms with Crippen molar-refractivity contribution in [2.24, 2.45) is 4.99 Å². The Morgan fingerprint density at radius 1 is 1.27 bits per heavy atom. The molecule has 2 aromatic rings. The van der Waals surface area contributed by atoms with Crippen LogP contribution < -0.4 is 20.1 Å². The van der Waals surface area contributed by atoms with E-state index in [0.717, 1.165) is 34.6 Å². The van der Waals surface area contributed by atoms with Crippen LogP contribution in [0.2, 0.25) is 0 Å². The van der Waals surface area contributed by atoms with Gasteiger partial charge in [-0.2, -0.15) is 0 Å². The molecule has 1 aliphatic heterocycles. The van der Waals surface area contributed by atoms with Crippen LogP contribution in [0.4, 0.5) is 0 Å². The molecule has 160 valence electrons. The van der Waals surface area contributed by atoms with Crippen LogP contribution in [0, 0.1) is 6.92 Å². The molecule has 0 aromatic heterocycles. The topological polar surface area (TPSA) is 75.2 Å². The smallest absolute Gasteiger partial charge is 0.241 e. The molecule has 30 heavy (non-hydrogen) atoms. The van der Waals surface area contributed by atoms with Crippen molar-refractivity contribution in [3.63, 3.8) is 0 Å². The summed E-state index contributed by atoms with van der Waals surface area (Å²) in [6.45, 7) is 3.30. The van der Waals surface area contributed by atoms with Gasteiger partial charge in [-0.15, -0.1) is 0 Å². The number of aliphatic imine (C=N–C) groups is 1. The fourth-order valence-corrected chi connectivity index (χ4v) is 3.33. The van der Waals surface area contributed by atoms with E-state index < -0.39 is 0 Å². The zero-order valence-electron chi connectivity index (χ0n) is 18.1. The largest absolute Gasteiger partial charge is 0.497 e. The van der Waals surface area contributed by atoms with Crippen molar-refractivity contribution >= 4 is 11.9 Å². The Labute approximate surface area is 178 Å². The second-order valence-electron chi connectivity index (χ2n) is 7.54. The minimum absolute atomic E-state index is 0.0193. The summed E-state index contributed by atoms with van der Waals surface area (Å²) in [5, 5.41) is 6.64. The van der Waals surface area contributed by atoms with E-state index in [2.05, 4.69) is 22.8 Å². The van der Waals surface area contributed by atoms with Gasteiger partial charge in [0.25, 0.3) is 0 Å². The molecule has 1 aliphatic rings. The van der Waals surface area contributed by atoms with E-state index in [9.17, 15) is 4.79 Å². The van der Waals surface area contributed by atoms with Gasteiger partial charge in [0.05, 0.1) is 32.8 Å². The first-order valence-electron chi connectivity index (χ1n) is 10.1. The lowest BCUT2D eigenvalue weighted by Gasteiger charge is -2.28. The third-order valence-corrected chi connectivity index (χ3v) is 4.94. The number of aryl methyl sites for hydroxylation is 1. The standard InChI is InChI=1S/C23H30N4O3/c1-16-11-17(13-18(12-16)29-4)14-24-23(25-15-22(28)27(2)3)26-20-9-10-30-21-8-6-5-7-19(20)21/h5-8,11-13,20H,9-10,14-15H2,1-4H3,(H2,24,25,26). The number of guanidine groups is 1. The fraction of sp³-hybridized carbons (Fsp3) is 0.391. The molecule has 0 aliphatic carbocycles. The predicted octanol–water partition coefficient (Wildman–Crippen LogP) is 2.65. The molecule has 0 radical (unpaired) electrons. The number of nitrogens with one attached hydrogen (secondary N) is 2. The summed E-state index contributed by atoms with van der Waals surface area (Å²) in [7, 11) is 5.13. The van der Waals surface area contributed by atoms with Gasteiger partial charge in [-0.05, 0) is 36.2 Å². The van der Waals surface area contributed by atoms with Crippen molar-refractivity contribution in [3.05, 3.63) is 59.2 Å². The number of carbonyl (C=O) groups is 1. The van der Waals surface area contributed by atoms with Crippen LogP contribution in [0.25, 0.3) is 0 Å². The Morgan fingerprint density at radius 2 is 2.07 bits per heavy atom. The molecule has 3 rings (SSSR count). The summed E-state index contributed by atoms with van der Waals surface area (Å²) < 4.78 is 11.1. The minimum Gasteiger partial charge on any atom is -0.497 e. The number of ether oxygens (including phenoxy) is 2. The summed E-state index contributed by atoms with van der Waals surface area (Å²) >= 11 is 0. The minimum atomic E-state index is -0.0193. The highest BCUT2D eigenvalue weighted by atomic mass is 16.5. The second-order valence-corrected chi connectivity index (χ2v) is 7.54. The summed E-state index contributed by atoms with van der Waals surface area (Å²) in [4.78, 5) is 18.4. The van der Waals surface area contributed by atoms with E-state index in [1.807, 2.05) is 37.3 Å². The normalized spacial score (nSPS) is 15.6. The summed E-state index contributed by atoms with van der Waals surface area (Å²) in [5.41, 5.74) is 3.25. The number of amides is 1. The van der Waals surface area contributed by atoms with Crippen LogP contribution in [0.15, 0.2) is 47.5 Å². The third-order valence-electron chi connectivity index (χ3n) is 4.94. The fourth-order valence-electron chi connectivity index (χ4n) is 3.33. The number of benzene rings is 2. The summed E-state index contributed by atoms with van der Waals surface area (Å²) in [6, 6.07) is 14.1. The quantitative estimate of drug-likeness (QED) is 0.566.